The molecule has 0 spiro atoms. The summed E-state index contributed by atoms with van der Waals surface area (Å²) in [6.07, 6.45) is 3.96. The fraction of sp³-hybridized carbons (Fsp3) is 0.476. The number of anilines is 2. The Balaban J connectivity index is 2.13. The molecule has 2 rings (SSSR count). The molecule has 2 aromatic rings. The first-order valence-corrected chi connectivity index (χ1v) is 9.43. The minimum Gasteiger partial charge on any atom is -0.385 e. The topological polar surface area (TPSA) is 76.1 Å². The van der Waals surface area contributed by atoms with Crippen molar-refractivity contribution in [3.8, 4) is 0 Å². The molecular weight excluding hydrogens is 340 g/mol. The lowest BCUT2D eigenvalue weighted by molar-refractivity contribution is 0.102. The minimum atomic E-state index is -0.247. The number of benzene rings is 1. The zero-order valence-corrected chi connectivity index (χ0v) is 16.9. The Kier molecular flexibility index (Phi) is 7.73. The van der Waals surface area contributed by atoms with Crippen molar-refractivity contribution in [2.45, 2.75) is 46.0 Å². The van der Waals surface area contributed by atoms with Gasteiger partial charge in [-0.1, -0.05) is 45.9 Å². The SMILES string of the molecule is COCCCNc1cnc(C(=O)Nc2c(C(C)C)cccc2C(C)C)cn1. The van der Waals surface area contributed by atoms with E-state index in [1.165, 1.54) is 6.20 Å². The molecule has 0 atom stereocenters. The number of rotatable bonds is 9. The molecule has 0 saturated heterocycles. The summed E-state index contributed by atoms with van der Waals surface area (Å²) in [5.74, 6) is 1.02. The van der Waals surface area contributed by atoms with Crippen LogP contribution in [0.1, 0.15) is 67.6 Å². The van der Waals surface area contributed by atoms with Crippen molar-refractivity contribution >= 4 is 17.4 Å². The van der Waals surface area contributed by atoms with Crippen LogP contribution >= 0.6 is 0 Å². The normalized spacial score (nSPS) is 11.1. The van der Waals surface area contributed by atoms with Crippen LogP contribution in [0.4, 0.5) is 11.5 Å². The Morgan fingerprint density at radius 3 is 2.26 bits per heavy atom. The Bertz CT molecular complexity index is 716. The summed E-state index contributed by atoms with van der Waals surface area (Å²) < 4.78 is 5.01. The number of methoxy groups -OCH3 is 1. The summed E-state index contributed by atoms with van der Waals surface area (Å²) in [6, 6.07) is 6.17. The Hall–Kier alpha value is -2.47. The largest absolute Gasteiger partial charge is 0.385 e. The second kappa shape index (κ2) is 10.0. The quantitative estimate of drug-likeness (QED) is 0.639. The predicted octanol–water partition coefficient (Wildman–Crippen LogP) is 4.42. The van der Waals surface area contributed by atoms with Gasteiger partial charge in [0.1, 0.15) is 11.5 Å². The van der Waals surface area contributed by atoms with Crippen LogP contribution in [0.15, 0.2) is 30.6 Å². The summed E-state index contributed by atoms with van der Waals surface area (Å²) in [5.41, 5.74) is 3.43. The molecule has 2 N–H and O–H groups in total. The van der Waals surface area contributed by atoms with Crippen molar-refractivity contribution in [2.24, 2.45) is 0 Å². The van der Waals surface area contributed by atoms with Gasteiger partial charge < -0.3 is 15.4 Å². The first kappa shape index (κ1) is 20.8. The molecule has 0 saturated carbocycles. The summed E-state index contributed by atoms with van der Waals surface area (Å²) in [6.45, 7) is 9.93. The summed E-state index contributed by atoms with van der Waals surface area (Å²) in [4.78, 5) is 21.3. The van der Waals surface area contributed by atoms with E-state index in [4.69, 9.17) is 4.74 Å². The van der Waals surface area contributed by atoms with Crippen molar-refractivity contribution in [3.05, 3.63) is 47.4 Å². The van der Waals surface area contributed by atoms with E-state index >= 15 is 0 Å². The predicted molar refractivity (Wildman–Crippen MR) is 110 cm³/mol. The molecular formula is C21H30N4O2. The molecule has 1 amide bonds. The van der Waals surface area contributed by atoms with Crippen LogP contribution in [0, 0.1) is 0 Å². The molecule has 0 unspecified atom stereocenters. The van der Waals surface area contributed by atoms with Gasteiger partial charge in [0.05, 0.1) is 12.4 Å². The first-order valence-electron chi connectivity index (χ1n) is 9.43. The second-order valence-electron chi connectivity index (χ2n) is 7.14. The molecule has 6 heteroatoms. The van der Waals surface area contributed by atoms with Gasteiger partial charge in [-0.3, -0.25) is 4.79 Å². The van der Waals surface area contributed by atoms with Gasteiger partial charge in [-0.15, -0.1) is 0 Å². The number of para-hydroxylation sites is 1. The van der Waals surface area contributed by atoms with Crippen LogP contribution in [0.25, 0.3) is 0 Å². The van der Waals surface area contributed by atoms with E-state index in [2.05, 4.69) is 60.4 Å². The van der Waals surface area contributed by atoms with Crippen LogP contribution < -0.4 is 10.6 Å². The molecule has 0 fully saturated rings. The number of carbonyl (C=O) groups excluding carboxylic acids is 1. The number of nitrogens with zero attached hydrogens (tertiary/aromatic N) is 2. The average molecular weight is 370 g/mol. The monoisotopic (exact) mass is 370 g/mol. The summed E-state index contributed by atoms with van der Waals surface area (Å²) in [5, 5.41) is 6.22. The number of hydrogen-bond acceptors (Lipinski definition) is 5. The van der Waals surface area contributed by atoms with Gasteiger partial charge >= 0.3 is 0 Å². The molecule has 0 aliphatic carbocycles. The fourth-order valence-corrected chi connectivity index (χ4v) is 2.84. The van der Waals surface area contributed by atoms with Gasteiger partial charge in [0.25, 0.3) is 5.91 Å². The first-order chi connectivity index (χ1) is 12.9. The van der Waals surface area contributed by atoms with E-state index in [0.717, 1.165) is 29.8 Å². The van der Waals surface area contributed by atoms with E-state index in [-0.39, 0.29) is 5.91 Å². The highest BCUT2D eigenvalue weighted by Gasteiger charge is 2.17. The van der Waals surface area contributed by atoms with E-state index < -0.39 is 0 Å². The maximum absolute atomic E-state index is 12.7. The second-order valence-corrected chi connectivity index (χ2v) is 7.14. The van der Waals surface area contributed by atoms with Gasteiger partial charge in [-0.05, 0) is 29.4 Å². The van der Waals surface area contributed by atoms with Gasteiger partial charge in [0.2, 0.25) is 0 Å². The third-order valence-corrected chi connectivity index (χ3v) is 4.33. The molecule has 1 aromatic heterocycles. The zero-order chi connectivity index (χ0) is 19.8. The van der Waals surface area contributed by atoms with E-state index in [0.29, 0.717) is 30.0 Å². The van der Waals surface area contributed by atoms with Crippen LogP contribution in [0.5, 0.6) is 0 Å². The third kappa shape index (κ3) is 5.76. The number of aromatic nitrogens is 2. The fourth-order valence-electron chi connectivity index (χ4n) is 2.84. The van der Waals surface area contributed by atoms with Crippen LogP contribution in [0.2, 0.25) is 0 Å². The van der Waals surface area contributed by atoms with E-state index in [1.54, 1.807) is 13.3 Å². The standard InChI is InChI=1S/C21H30N4O2/c1-14(2)16-8-6-9-17(15(3)4)20(16)25-21(26)18-12-24-19(13-23-18)22-10-7-11-27-5/h6,8-9,12-15H,7,10-11H2,1-5H3,(H,22,24)(H,25,26). The highest BCUT2D eigenvalue weighted by Crippen LogP contribution is 2.32. The third-order valence-electron chi connectivity index (χ3n) is 4.33. The molecule has 0 aliphatic heterocycles. The number of carbonyl (C=O) groups is 1. The van der Waals surface area contributed by atoms with Crippen molar-refractivity contribution in [1.29, 1.82) is 0 Å². The summed E-state index contributed by atoms with van der Waals surface area (Å²) in [7, 11) is 1.68. The highest BCUT2D eigenvalue weighted by atomic mass is 16.5. The average Bonchev–Trinajstić information content (AvgIpc) is 2.65. The van der Waals surface area contributed by atoms with Gasteiger partial charge in [-0.2, -0.15) is 0 Å². The molecule has 1 aromatic carbocycles. The Labute approximate surface area is 161 Å². The lowest BCUT2D eigenvalue weighted by atomic mass is 9.92. The maximum atomic E-state index is 12.7. The summed E-state index contributed by atoms with van der Waals surface area (Å²) >= 11 is 0. The molecule has 0 aliphatic rings. The number of nitrogens with one attached hydrogen (secondary N) is 2. The molecule has 146 valence electrons. The molecule has 0 radical (unpaired) electrons. The maximum Gasteiger partial charge on any atom is 0.275 e. The van der Waals surface area contributed by atoms with Crippen molar-refractivity contribution in [1.82, 2.24) is 9.97 Å². The smallest absolute Gasteiger partial charge is 0.275 e. The van der Waals surface area contributed by atoms with Crippen LogP contribution in [-0.2, 0) is 4.74 Å². The lowest BCUT2D eigenvalue weighted by Gasteiger charge is -2.20. The Morgan fingerprint density at radius 1 is 1.07 bits per heavy atom. The van der Waals surface area contributed by atoms with Gasteiger partial charge in [0.15, 0.2) is 0 Å². The molecule has 6 nitrogen and oxygen atoms in total. The van der Waals surface area contributed by atoms with Gasteiger partial charge in [0, 0.05) is 25.9 Å². The minimum absolute atomic E-state index is 0.247. The van der Waals surface area contributed by atoms with Crippen molar-refractivity contribution < 1.29 is 9.53 Å². The highest BCUT2D eigenvalue weighted by molar-refractivity contribution is 6.03. The molecule has 0 bridgehead atoms. The lowest BCUT2D eigenvalue weighted by Crippen LogP contribution is -2.18. The van der Waals surface area contributed by atoms with Gasteiger partial charge in [-0.25, -0.2) is 9.97 Å². The van der Waals surface area contributed by atoms with Crippen molar-refractivity contribution in [2.75, 3.05) is 30.9 Å². The van der Waals surface area contributed by atoms with Crippen LogP contribution in [0.3, 0.4) is 0 Å². The number of ether oxygens (including phenoxy) is 1. The Morgan fingerprint density at radius 2 is 1.74 bits per heavy atom. The number of hydrogen-bond donors (Lipinski definition) is 2. The van der Waals surface area contributed by atoms with E-state index in [9.17, 15) is 4.79 Å². The molecule has 1 heterocycles. The zero-order valence-electron chi connectivity index (χ0n) is 16.9. The molecule has 27 heavy (non-hydrogen) atoms. The van der Waals surface area contributed by atoms with Crippen molar-refractivity contribution in [3.63, 3.8) is 0 Å². The number of amides is 1. The van der Waals surface area contributed by atoms with E-state index in [1.807, 2.05) is 6.07 Å². The van der Waals surface area contributed by atoms with Crippen LogP contribution in [-0.4, -0.2) is 36.1 Å².